The Morgan fingerprint density at radius 3 is 2.94 bits per heavy atom. The molecule has 4 heteroatoms. The smallest absolute Gasteiger partial charge is 0.136 e. The lowest BCUT2D eigenvalue weighted by atomic mass is 10.1. The quantitative estimate of drug-likeness (QED) is 0.736. The molecule has 92 valence electrons. The van der Waals surface area contributed by atoms with Crippen LogP contribution in [0, 0.1) is 0 Å². The zero-order chi connectivity index (χ0) is 12.5. The van der Waals surface area contributed by atoms with Crippen LogP contribution in [0.15, 0.2) is 29.2 Å². The third-order valence-corrected chi connectivity index (χ3v) is 4.46. The van der Waals surface area contributed by atoms with Gasteiger partial charge in [0.25, 0.3) is 0 Å². The summed E-state index contributed by atoms with van der Waals surface area (Å²) in [6.07, 6.45) is 1.74. The van der Waals surface area contributed by atoms with Gasteiger partial charge in [-0.2, -0.15) is 0 Å². The molecule has 0 fully saturated rings. The van der Waals surface area contributed by atoms with Crippen LogP contribution in [0.4, 0.5) is 0 Å². The fourth-order valence-corrected chi connectivity index (χ4v) is 3.46. The van der Waals surface area contributed by atoms with Crippen molar-refractivity contribution in [1.29, 1.82) is 0 Å². The van der Waals surface area contributed by atoms with Crippen LogP contribution in [0.5, 0.6) is 0 Å². The lowest BCUT2D eigenvalue weighted by molar-refractivity contribution is 0.921. The van der Waals surface area contributed by atoms with Crippen molar-refractivity contribution in [3.05, 3.63) is 40.8 Å². The van der Waals surface area contributed by atoms with Crippen LogP contribution in [-0.2, 0) is 12.8 Å². The first kappa shape index (κ1) is 12.0. The van der Waals surface area contributed by atoms with Gasteiger partial charge in [-0.3, -0.25) is 0 Å². The summed E-state index contributed by atoms with van der Waals surface area (Å²) in [6, 6.07) is 8.39. The molecule has 0 amide bonds. The molecule has 2 aromatic rings. The minimum absolute atomic E-state index is 0.620. The summed E-state index contributed by atoms with van der Waals surface area (Å²) in [4.78, 5) is 10.3. The number of thioether (sulfide) groups is 1. The number of aromatic nitrogens is 2. The second kappa shape index (κ2) is 4.90. The summed E-state index contributed by atoms with van der Waals surface area (Å²) in [5.41, 5.74) is 3.30. The topological polar surface area (TPSA) is 25.8 Å². The van der Waals surface area contributed by atoms with E-state index in [2.05, 4.69) is 41.2 Å². The number of nitrogens with zero attached hydrogens (tertiary/aromatic N) is 2. The lowest BCUT2D eigenvalue weighted by Gasteiger charge is -2.10. The van der Waals surface area contributed by atoms with E-state index in [1.54, 1.807) is 0 Å². The third-order valence-electron chi connectivity index (χ3n) is 3.07. The van der Waals surface area contributed by atoms with Crippen molar-refractivity contribution >= 4 is 23.4 Å². The fourth-order valence-electron chi connectivity index (χ4n) is 2.15. The molecule has 0 bridgehead atoms. The number of fused-ring (bicyclic) bond motifs is 3. The van der Waals surface area contributed by atoms with Crippen LogP contribution in [-0.4, -0.2) is 15.7 Å². The molecule has 1 aromatic heterocycles. The van der Waals surface area contributed by atoms with Gasteiger partial charge in [0.1, 0.15) is 11.0 Å². The van der Waals surface area contributed by atoms with E-state index in [-0.39, 0.29) is 0 Å². The minimum atomic E-state index is 0.620. The second-order valence-electron chi connectivity index (χ2n) is 4.21. The Labute approximate surface area is 116 Å². The molecule has 1 aromatic carbocycles. The highest BCUT2D eigenvalue weighted by molar-refractivity contribution is 7.99. The van der Waals surface area contributed by atoms with Crippen LogP contribution in [0.1, 0.15) is 18.3 Å². The van der Waals surface area contributed by atoms with E-state index in [1.807, 2.05) is 11.8 Å². The highest BCUT2D eigenvalue weighted by Gasteiger charge is 2.19. The molecule has 18 heavy (non-hydrogen) atoms. The average Bonchev–Trinajstić information content (AvgIpc) is 2.58. The predicted octanol–water partition coefficient (Wildman–Crippen LogP) is 4.01. The first-order valence-corrected chi connectivity index (χ1v) is 7.43. The standard InChI is InChI=1S/C14H13ClN2S/c1-2-12-16-13-9-5-3-4-6-11(9)18-8-7-10(13)14(15)17-12/h3-6H,2,7-8H2,1H3. The number of rotatable bonds is 1. The summed E-state index contributed by atoms with van der Waals surface area (Å²) in [5, 5.41) is 0.620. The Morgan fingerprint density at radius 1 is 1.28 bits per heavy atom. The van der Waals surface area contributed by atoms with Crippen molar-refractivity contribution < 1.29 is 0 Å². The molecule has 1 aliphatic rings. The molecule has 0 aliphatic carbocycles. The lowest BCUT2D eigenvalue weighted by Crippen LogP contribution is -2.02. The fraction of sp³-hybridized carbons (Fsp3) is 0.286. The van der Waals surface area contributed by atoms with Crippen LogP contribution < -0.4 is 0 Å². The van der Waals surface area contributed by atoms with Crippen LogP contribution >= 0.6 is 23.4 Å². The number of benzene rings is 1. The second-order valence-corrected chi connectivity index (χ2v) is 5.70. The summed E-state index contributed by atoms with van der Waals surface area (Å²) in [7, 11) is 0. The Balaban J connectivity index is 2.28. The Morgan fingerprint density at radius 2 is 2.11 bits per heavy atom. The zero-order valence-electron chi connectivity index (χ0n) is 10.1. The van der Waals surface area contributed by atoms with Crippen molar-refractivity contribution in [1.82, 2.24) is 9.97 Å². The molecule has 0 N–H and O–H groups in total. The summed E-state index contributed by atoms with van der Waals surface area (Å²) in [6.45, 7) is 2.05. The molecule has 2 nitrogen and oxygen atoms in total. The molecule has 3 rings (SSSR count). The first-order chi connectivity index (χ1) is 8.79. The number of aryl methyl sites for hydroxylation is 1. The number of halogens is 1. The average molecular weight is 277 g/mol. The number of hydrogen-bond donors (Lipinski definition) is 0. The molecule has 0 saturated carbocycles. The van der Waals surface area contributed by atoms with Crippen LogP contribution in [0.2, 0.25) is 5.15 Å². The van der Waals surface area contributed by atoms with Crippen LogP contribution in [0.3, 0.4) is 0 Å². The van der Waals surface area contributed by atoms with E-state index >= 15 is 0 Å². The van der Waals surface area contributed by atoms with Crippen molar-refractivity contribution in [2.24, 2.45) is 0 Å². The summed E-state index contributed by atoms with van der Waals surface area (Å²) >= 11 is 8.17. The summed E-state index contributed by atoms with van der Waals surface area (Å²) < 4.78 is 0. The highest BCUT2D eigenvalue weighted by atomic mass is 35.5. The predicted molar refractivity (Wildman–Crippen MR) is 76.3 cm³/mol. The molecule has 0 radical (unpaired) electrons. The number of hydrogen-bond acceptors (Lipinski definition) is 3. The maximum atomic E-state index is 6.30. The van der Waals surface area contributed by atoms with Gasteiger partial charge in [0, 0.05) is 28.2 Å². The minimum Gasteiger partial charge on any atom is -0.232 e. The van der Waals surface area contributed by atoms with Gasteiger partial charge in [0.15, 0.2) is 0 Å². The monoisotopic (exact) mass is 276 g/mol. The van der Waals surface area contributed by atoms with E-state index < -0.39 is 0 Å². The molecule has 0 spiro atoms. The van der Waals surface area contributed by atoms with Gasteiger partial charge >= 0.3 is 0 Å². The molecule has 1 aliphatic heterocycles. The molecular formula is C14H13ClN2S. The van der Waals surface area contributed by atoms with Gasteiger partial charge in [0.05, 0.1) is 5.69 Å². The molecule has 0 saturated heterocycles. The van der Waals surface area contributed by atoms with E-state index in [9.17, 15) is 0 Å². The van der Waals surface area contributed by atoms with Gasteiger partial charge in [-0.25, -0.2) is 9.97 Å². The Bertz CT molecular complexity index is 598. The molecule has 0 unspecified atom stereocenters. The Hall–Kier alpha value is -1.06. The van der Waals surface area contributed by atoms with Crippen LogP contribution in [0.25, 0.3) is 11.3 Å². The van der Waals surface area contributed by atoms with Crippen molar-refractivity contribution in [3.8, 4) is 11.3 Å². The molecular weight excluding hydrogens is 264 g/mol. The maximum Gasteiger partial charge on any atom is 0.136 e. The normalized spacial score (nSPS) is 13.7. The molecule has 0 atom stereocenters. The first-order valence-electron chi connectivity index (χ1n) is 6.07. The zero-order valence-corrected chi connectivity index (χ0v) is 11.7. The van der Waals surface area contributed by atoms with E-state index in [1.165, 1.54) is 10.5 Å². The third kappa shape index (κ3) is 2.02. The summed E-state index contributed by atoms with van der Waals surface area (Å²) in [5.74, 6) is 1.85. The largest absolute Gasteiger partial charge is 0.232 e. The van der Waals surface area contributed by atoms with Gasteiger partial charge in [-0.1, -0.05) is 36.7 Å². The van der Waals surface area contributed by atoms with E-state index in [4.69, 9.17) is 11.6 Å². The van der Waals surface area contributed by atoms with Gasteiger partial charge in [-0.15, -0.1) is 11.8 Å². The van der Waals surface area contributed by atoms with Gasteiger partial charge < -0.3 is 0 Å². The van der Waals surface area contributed by atoms with Gasteiger partial charge in [-0.05, 0) is 12.5 Å². The van der Waals surface area contributed by atoms with Gasteiger partial charge in [0.2, 0.25) is 0 Å². The van der Waals surface area contributed by atoms with Crippen molar-refractivity contribution in [2.45, 2.75) is 24.7 Å². The highest BCUT2D eigenvalue weighted by Crippen LogP contribution is 2.38. The van der Waals surface area contributed by atoms with E-state index in [0.29, 0.717) is 5.15 Å². The SMILES string of the molecule is CCc1nc(Cl)c2c(n1)-c1ccccc1SCC2. The van der Waals surface area contributed by atoms with E-state index in [0.717, 1.165) is 35.7 Å². The Kier molecular flexibility index (Phi) is 3.27. The van der Waals surface area contributed by atoms with Crippen molar-refractivity contribution in [2.75, 3.05) is 5.75 Å². The van der Waals surface area contributed by atoms with Crippen molar-refractivity contribution in [3.63, 3.8) is 0 Å². The maximum absolute atomic E-state index is 6.30. The molecule has 2 heterocycles.